The molecule has 1 rings (SSSR count). The van der Waals surface area contributed by atoms with Gasteiger partial charge in [0.1, 0.15) is 5.82 Å². The lowest BCUT2D eigenvalue weighted by Crippen LogP contribution is -2.15. The summed E-state index contributed by atoms with van der Waals surface area (Å²) in [6, 6.07) is 0.645. The van der Waals surface area contributed by atoms with E-state index in [0.717, 1.165) is 6.20 Å². The Morgan fingerprint density at radius 3 is 2.38 bits per heavy atom. The summed E-state index contributed by atoms with van der Waals surface area (Å²) >= 11 is 0. The molecule has 0 radical (unpaired) electrons. The molecule has 112 valence electrons. The zero-order valence-corrected chi connectivity index (χ0v) is 10.8. The van der Waals surface area contributed by atoms with Crippen molar-refractivity contribution in [2.75, 3.05) is 0 Å². The summed E-state index contributed by atoms with van der Waals surface area (Å²) < 4.78 is 52.2. The van der Waals surface area contributed by atoms with E-state index >= 15 is 0 Å². The Kier molecular flexibility index (Phi) is 4.96. The molecule has 0 unspecified atom stereocenters. The molecule has 0 saturated carbocycles. The second-order valence-electron chi connectivity index (χ2n) is 3.77. The summed E-state index contributed by atoms with van der Waals surface area (Å²) in [6.07, 6.45) is -2.30. The third kappa shape index (κ3) is 3.74. The number of rotatable bonds is 3. The number of aromatic carboxylic acids is 1. The minimum Gasteiger partial charge on any atom is -0.478 e. The van der Waals surface area contributed by atoms with E-state index in [0.29, 0.717) is 6.07 Å². The number of alkyl halides is 3. The molecule has 8 heteroatoms. The zero-order chi connectivity index (χ0) is 16.2. The average Bonchev–Trinajstić information content (AvgIpc) is 2.38. The molecule has 0 aromatic heterocycles. The molecule has 1 N–H and O–H groups in total. The molecule has 0 heterocycles. The van der Waals surface area contributed by atoms with Gasteiger partial charge in [-0.15, -0.1) is 0 Å². The maximum Gasteiger partial charge on any atom is 0.417 e. The Labute approximate surface area is 117 Å². The van der Waals surface area contributed by atoms with Crippen LogP contribution < -0.4 is 0 Å². The van der Waals surface area contributed by atoms with Crippen LogP contribution >= 0.6 is 0 Å². The quantitative estimate of drug-likeness (QED) is 0.527. The smallest absolute Gasteiger partial charge is 0.417 e. The Balaban J connectivity index is 3.70. The van der Waals surface area contributed by atoms with Crippen LogP contribution in [0.3, 0.4) is 0 Å². The van der Waals surface area contributed by atoms with Gasteiger partial charge in [-0.25, -0.2) is 19.2 Å². The Morgan fingerprint density at radius 1 is 1.33 bits per heavy atom. The Bertz CT molecular complexity index is 634. The van der Waals surface area contributed by atoms with Crippen molar-refractivity contribution in [2.24, 2.45) is 9.98 Å². The van der Waals surface area contributed by atoms with Gasteiger partial charge < -0.3 is 5.11 Å². The second kappa shape index (κ2) is 6.29. The van der Waals surface area contributed by atoms with Crippen molar-refractivity contribution >= 4 is 18.5 Å². The maximum absolute atomic E-state index is 13.4. The molecule has 0 aliphatic heterocycles. The van der Waals surface area contributed by atoms with Crippen molar-refractivity contribution in [3.63, 3.8) is 0 Å². The van der Waals surface area contributed by atoms with Gasteiger partial charge in [0.05, 0.1) is 11.1 Å². The predicted molar refractivity (Wildman–Crippen MR) is 69.3 cm³/mol. The monoisotopic (exact) mass is 302 g/mol. The number of halogens is 4. The fourth-order valence-corrected chi connectivity index (χ4v) is 1.50. The van der Waals surface area contributed by atoms with Gasteiger partial charge in [-0.2, -0.15) is 13.2 Å². The van der Waals surface area contributed by atoms with Crippen LogP contribution in [0.2, 0.25) is 0 Å². The van der Waals surface area contributed by atoms with Crippen LogP contribution in [0.15, 0.2) is 34.4 Å². The first-order valence-electron chi connectivity index (χ1n) is 5.52. The maximum atomic E-state index is 13.4. The standard InChI is InChI=1S/C13H10F4N2O2/c1-3-4-19-11(18-2)7-5-8(12(20)21)10(14)6-9(7)13(15,16)17/h3-6H,2H2,1H3,(H,20,21)/b4-3-,19-11?. The van der Waals surface area contributed by atoms with Gasteiger partial charge in [0.15, 0.2) is 5.84 Å². The first kappa shape index (κ1) is 16.5. The van der Waals surface area contributed by atoms with E-state index in [9.17, 15) is 22.4 Å². The summed E-state index contributed by atoms with van der Waals surface area (Å²) in [5.74, 6) is -3.65. The van der Waals surface area contributed by atoms with Crippen LogP contribution in [-0.2, 0) is 6.18 Å². The zero-order valence-electron chi connectivity index (χ0n) is 10.8. The van der Waals surface area contributed by atoms with E-state index in [2.05, 4.69) is 16.7 Å². The van der Waals surface area contributed by atoms with E-state index < -0.39 is 40.5 Å². The van der Waals surface area contributed by atoms with Crippen molar-refractivity contribution < 1.29 is 27.5 Å². The highest BCUT2D eigenvalue weighted by molar-refractivity contribution is 6.04. The van der Waals surface area contributed by atoms with E-state index in [-0.39, 0.29) is 6.07 Å². The summed E-state index contributed by atoms with van der Waals surface area (Å²) in [5, 5.41) is 8.79. The molecule has 0 fully saturated rings. The number of aliphatic imine (C=N–C) groups is 2. The summed E-state index contributed by atoms with van der Waals surface area (Å²) in [7, 11) is 0. The van der Waals surface area contributed by atoms with Gasteiger partial charge in [0.25, 0.3) is 0 Å². The van der Waals surface area contributed by atoms with Crippen LogP contribution in [0.25, 0.3) is 0 Å². The number of hydrogen-bond acceptors (Lipinski definition) is 2. The first-order valence-corrected chi connectivity index (χ1v) is 5.52. The predicted octanol–water partition coefficient (Wildman–Crippen LogP) is 3.52. The second-order valence-corrected chi connectivity index (χ2v) is 3.77. The lowest BCUT2D eigenvalue weighted by atomic mass is 10.0. The number of hydrogen-bond donors (Lipinski definition) is 1. The van der Waals surface area contributed by atoms with E-state index in [1.54, 1.807) is 6.92 Å². The number of nitrogens with zero attached hydrogens (tertiary/aromatic N) is 2. The minimum atomic E-state index is -4.89. The molecule has 4 nitrogen and oxygen atoms in total. The summed E-state index contributed by atoms with van der Waals surface area (Å²) in [5.41, 5.74) is -2.94. The molecule has 1 aromatic rings. The molecule has 0 saturated heterocycles. The molecule has 0 atom stereocenters. The van der Waals surface area contributed by atoms with Gasteiger partial charge in [-0.1, -0.05) is 6.08 Å². The number of carboxylic acids is 1. The first-order chi connectivity index (χ1) is 9.72. The molecule has 0 amide bonds. The lowest BCUT2D eigenvalue weighted by Gasteiger charge is -2.13. The topological polar surface area (TPSA) is 62.0 Å². The van der Waals surface area contributed by atoms with Crippen molar-refractivity contribution in [2.45, 2.75) is 13.1 Å². The third-order valence-electron chi connectivity index (χ3n) is 2.38. The number of carbonyl (C=O) groups is 1. The molecule has 21 heavy (non-hydrogen) atoms. The average molecular weight is 302 g/mol. The molecule has 0 aliphatic rings. The molecular weight excluding hydrogens is 292 g/mol. The Morgan fingerprint density at radius 2 is 1.95 bits per heavy atom. The molecule has 1 aromatic carbocycles. The largest absolute Gasteiger partial charge is 0.478 e. The van der Waals surface area contributed by atoms with E-state index in [1.807, 2.05) is 0 Å². The molecule has 0 bridgehead atoms. The van der Waals surface area contributed by atoms with Crippen LogP contribution in [-0.4, -0.2) is 23.6 Å². The number of allylic oxidation sites excluding steroid dienone is 1. The van der Waals surface area contributed by atoms with Crippen LogP contribution in [0.1, 0.15) is 28.4 Å². The normalized spacial score (nSPS) is 12.7. The Hall–Kier alpha value is -2.51. The van der Waals surface area contributed by atoms with Gasteiger partial charge in [0.2, 0.25) is 0 Å². The highest BCUT2D eigenvalue weighted by atomic mass is 19.4. The van der Waals surface area contributed by atoms with Crippen molar-refractivity contribution in [3.8, 4) is 0 Å². The van der Waals surface area contributed by atoms with Gasteiger partial charge >= 0.3 is 12.1 Å². The van der Waals surface area contributed by atoms with Crippen molar-refractivity contribution in [3.05, 3.63) is 46.9 Å². The van der Waals surface area contributed by atoms with Crippen LogP contribution in [0.5, 0.6) is 0 Å². The molecular formula is C13H10F4N2O2. The van der Waals surface area contributed by atoms with E-state index in [1.165, 1.54) is 6.08 Å². The highest BCUT2D eigenvalue weighted by Gasteiger charge is 2.36. The minimum absolute atomic E-state index is 0.106. The van der Waals surface area contributed by atoms with Gasteiger partial charge in [-0.05, 0) is 25.8 Å². The third-order valence-corrected chi connectivity index (χ3v) is 2.38. The molecule has 0 spiro atoms. The van der Waals surface area contributed by atoms with Crippen molar-refractivity contribution in [1.82, 2.24) is 0 Å². The summed E-state index contributed by atoms with van der Waals surface area (Å²) in [6.45, 7) is 4.66. The van der Waals surface area contributed by atoms with Crippen LogP contribution in [0, 0.1) is 5.82 Å². The van der Waals surface area contributed by atoms with Crippen molar-refractivity contribution in [1.29, 1.82) is 0 Å². The highest BCUT2D eigenvalue weighted by Crippen LogP contribution is 2.34. The number of amidine groups is 1. The number of benzene rings is 1. The number of carboxylic acid groups (broad SMARTS) is 1. The van der Waals surface area contributed by atoms with Gasteiger partial charge in [-0.3, -0.25) is 0 Å². The lowest BCUT2D eigenvalue weighted by molar-refractivity contribution is -0.137. The SMILES string of the molecule is C=NC(=N/C=C\C)c1cc(C(=O)O)c(F)cc1C(F)(F)F. The fourth-order valence-electron chi connectivity index (χ4n) is 1.50. The summed E-state index contributed by atoms with van der Waals surface area (Å²) in [4.78, 5) is 17.8. The van der Waals surface area contributed by atoms with Gasteiger partial charge in [0, 0.05) is 11.8 Å². The fraction of sp³-hybridized carbons (Fsp3) is 0.154. The van der Waals surface area contributed by atoms with Crippen LogP contribution in [0.4, 0.5) is 17.6 Å². The molecule has 0 aliphatic carbocycles. The van der Waals surface area contributed by atoms with E-state index in [4.69, 9.17) is 5.11 Å².